The molecule has 23 heavy (non-hydrogen) atoms. The summed E-state index contributed by atoms with van der Waals surface area (Å²) in [5, 5.41) is 8.14. The van der Waals surface area contributed by atoms with E-state index in [0.717, 1.165) is 31.0 Å². The summed E-state index contributed by atoms with van der Waals surface area (Å²) in [6.45, 7) is 3.00. The van der Waals surface area contributed by atoms with Gasteiger partial charge in [-0.3, -0.25) is 4.90 Å². The lowest BCUT2D eigenvalue weighted by atomic mass is 10.1. The van der Waals surface area contributed by atoms with Crippen molar-refractivity contribution < 1.29 is 0 Å². The summed E-state index contributed by atoms with van der Waals surface area (Å²) in [5.41, 5.74) is 2.43. The predicted octanol–water partition coefficient (Wildman–Crippen LogP) is 2.10. The molecule has 0 spiro atoms. The van der Waals surface area contributed by atoms with Gasteiger partial charge in [-0.1, -0.05) is 12.1 Å². The molecule has 0 bridgehead atoms. The molecule has 2 fully saturated rings. The van der Waals surface area contributed by atoms with Gasteiger partial charge in [-0.2, -0.15) is 0 Å². The fourth-order valence-electron chi connectivity index (χ4n) is 3.56. The summed E-state index contributed by atoms with van der Waals surface area (Å²) in [6, 6.07) is 9.07. The maximum absolute atomic E-state index is 4.91. The molecule has 3 heterocycles. The molecule has 0 unspecified atom stereocenters. The van der Waals surface area contributed by atoms with Crippen LogP contribution in [-0.2, 0) is 13.6 Å². The van der Waals surface area contributed by atoms with Crippen molar-refractivity contribution in [2.45, 2.75) is 31.3 Å². The number of benzene rings is 1. The Morgan fingerprint density at radius 2 is 2.00 bits per heavy atom. The second-order valence-electron chi connectivity index (χ2n) is 6.81. The lowest BCUT2D eigenvalue weighted by molar-refractivity contribution is 0.0954. The SMILES string of the molecule is Cn1cnnc1CN1CC(n2c(C3CC3)nc3ccccc32)C1. The Morgan fingerprint density at radius 1 is 1.17 bits per heavy atom. The monoisotopic (exact) mass is 308 g/mol. The van der Waals surface area contributed by atoms with Gasteiger partial charge < -0.3 is 9.13 Å². The van der Waals surface area contributed by atoms with E-state index in [9.17, 15) is 0 Å². The van der Waals surface area contributed by atoms with E-state index in [-0.39, 0.29) is 0 Å². The third-order valence-electron chi connectivity index (χ3n) is 5.04. The standard InChI is InChI=1S/C17H20N6/c1-21-11-18-20-16(21)10-22-8-13(9-22)23-15-5-3-2-4-14(15)19-17(23)12-6-7-12/h2-5,11-13H,6-10H2,1H3. The van der Waals surface area contributed by atoms with Gasteiger partial charge in [-0.15, -0.1) is 10.2 Å². The number of aryl methyl sites for hydroxylation is 1. The first kappa shape index (κ1) is 13.2. The van der Waals surface area contributed by atoms with E-state index in [2.05, 4.69) is 43.9 Å². The van der Waals surface area contributed by atoms with Crippen LogP contribution < -0.4 is 0 Å². The van der Waals surface area contributed by atoms with Crippen LogP contribution in [0.4, 0.5) is 0 Å². The lowest BCUT2D eigenvalue weighted by Crippen LogP contribution is -2.47. The number of rotatable bonds is 4. The zero-order chi connectivity index (χ0) is 15.4. The smallest absolute Gasteiger partial charge is 0.146 e. The van der Waals surface area contributed by atoms with Gasteiger partial charge in [0.2, 0.25) is 0 Å². The number of hydrogen-bond acceptors (Lipinski definition) is 4. The minimum absolute atomic E-state index is 0.534. The van der Waals surface area contributed by atoms with E-state index >= 15 is 0 Å². The van der Waals surface area contributed by atoms with Crippen molar-refractivity contribution >= 4 is 11.0 Å². The Kier molecular flexibility index (Phi) is 2.82. The molecular weight excluding hydrogens is 288 g/mol. The maximum Gasteiger partial charge on any atom is 0.146 e. The first-order chi connectivity index (χ1) is 11.3. The molecule has 2 aromatic heterocycles. The Bertz CT molecular complexity index is 853. The highest BCUT2D eigenvalue weighted by Crippen LogP contribution is 2.42. The largest absolute Gasteiger partial charge is 0.322 e. The van der Waals surface area contributed by atoms with Gasteiger partial charge in [0.1, 0.15) is 18.0 Å². The molecule has 0 radical (unpaired) electrons. The van der Waals surface area contributed by atoms with Crippen LogP contribution in [-0.4, -0.2) is 42.3 Å². The summed E-state index contributed by atoms with van der Waals surface area (Å²) in [4.78, 5) is 7.34. The lowest BCUT2D eigenvalue weighted by Gasteiger charge is -2.40. The van der Waals surface area contributed by atoms with E-state index in [4.69, 9.17) is 4.98 Å². The van der Waals surface area contributed by atoms with Crippen LogP contribution in [0, 0.1) is 0 Å². The second kappa shape index (κ2) is 4.89. The summed E-state index contributed by atoms with van der Waals surface area (Å²) in [6.07, 6.45) is 4.35. The zero-order valence-corrected chi connectivity index (χ0v) is 13.3. The van der Waals surface area contributed by atoms with E-state index in [1.807, 2.05) is 11.6 Å². The minimum atomic E-state index is 0.534. The van der Waals surface area contributed by atoms with Crippen LogP contribution in [0.5, 0.6) is 0 Å². The van der Waals surface area contributed by atoms with Crippen molar-refractivity contribution in [1.82, 2.24) is 29.2 Å². The third kappa shape index (κ3) is 2.16. The molecule has 1 saturated heterocycles. The number of likely N-dealkylation sites (tertiary alicyclic amines) is 1. The zero-order valence-electron chi connectivity index (χ0n) is 13.3. The average Bonchev–Trinajstić information content (AvgIpc) is 3.19. The van der Waals surface area contributed by atoms with Crippen molar-refractivity contribution in [2.24, 2.45) is 7.05 Å². The van der Waals surface area contributed by atoms with E-state index in [0.29, 0.717) is 12.0 Å². The van der Waals surface area contributed by atoms with Crippen LogP contribution in [0.1, 0.15) is 36.5 Å². The second-order valence-corrected chi connectivity index (χ2v) is 6.81. The topological polar surface area (TPSA) is 51.8 Å². The normalized spacial score (nSPS) is 19.3. The highest BCUT2D eigenvalue weighted by Gasteiger charge is 2.36. The van der Waals surface area contributed by atoms with Crippen molar-refractivity contribution in [1.29, 1.82) is 0 Å². The Hall–Kier alpha value is -2.21. The molecule has 6 nitrogen and oxygen atoms in total. The number of para-hydroxylation sites is 2. The summed E-state index contributed by atoms with van der Waals surface area (Å²) in [5.74, 6) is 3.01. The molecule has 5 rings (SSSR count). The van der Waals surface area contributed by atoms with Gasteiger partial charge in [-0.05, 0) is 25.0 Å². The molecule has 0 N–H and O–H groups in total. The summed E-state index contributed by atoms with van der Waals surface area (Å²) < 4.78 is 4.50. The number of aromatic nitrogens is 5. The molecule has 3 aromatic rings. The van der Waals surface area contributed by atoms with Gasteiger partial charge in [0.15, 0.2) is 0 Å². The quantitative estimate of drug-likeness (QED) is 0.740. The highest BCUT2D eigenvalue weighted by molar-refractivity contribution is 5.76. The molecular formula is C17H20N6. The van der Waals surface area contributed by atoms with Gasteiger partial charge in [0.25, 0.3) is 0 Å². The number of nitrogens with zero attached hydrogens (tertiary/aromatic N) is 6. The van der Waals surface area contributed by atoms with Crippen molar-refractivity contribution in [3.05, 3.63) is 42.2 Å². The molecule has 2 aliphatic rings. The summed E-state index contributed by atoms with van der Waals surface area (Å²) >= 11 is 0. The van der Waals surface area contributed by atoms with Crippen molar-refractivity contribution in [3.8, 4) is 0 Å². The number of imidazole rings is 1. The molecule has 0 atom stereocenters. The predicted molar refractivity (Wildman–Crippen MR) is 87.0 cm³/mol. The van der Waals surface area contributed by atoms with Crippen LogP contribution in [0.25, 0.3) is 11.0 Å². The average molecular weight is 308 g/mol. The van der Waals surface area contributed by atoms with Crippen LogP contribution in [0.15, 0.2) is 30.6 Å². The molecule has 6 heteroatoms. The minimum Gasteiger partial charge on any atom is -0.322 e. The van der Waals surface area contributed by atoms with E-state index in [1.165, 1.54) is 24.2 Å². The Morgan fingerprint density at radius 3 is 2.74 bits per heavy atom. The number of fused-ring (bicyclic) bond motifs is 1. The van der Waals surface area contributed by atoms with Crippen molar-refractivity contribution in [2.75, 3.05) is 13.1 Å². The fourth-order valence-corrected chi connectivity index (χ4v) is 3.56. The summed E-state index contributed by atoms with van der Waals surface area (Å²) in [7, 11) is 2.00. The van der Waals surface area contributed by atoms with Gasteiger partial charge in [-0.25, -0.2) is 4.98 Å². The third-order valence-corrected chi connectivity index (χ3v) is 5.04. The molecule has 1 saturated carbocycles. The first-order valence-electron chi connectivity index (χ1n) is 8.31. The molecule has 118 valence electrons. The van der Waals surface area contributed by atoms with Gasteiger partial charge in [0.05, 0.1) is 23.6 Å². The van der Waals surface area contributed by atoms with Gasteiger partial charge in [0, 0.05) is 26.1 Å². The fraction of sp³-hybridized carbons (Fsp3) is 0.471. The van der Waals surface area contributed by atoms with Crippen LogP contribution >= 0.6 is 0 Å². The first-order valence-corrected chi connectivity index (χ1v) is 8.31. The van der Waals surface area contributed by atoms with Crippen LogP contribution in [0.3, 0.4) is 0 Å². The molecule has 1 aliphatic carbocycles. The van der Waals surface area contributed by atoms with E-state index in [1.54, 1.807) is 6.33 Å². The molecule has 0 amide bonds. The van der Waals surface area contributed by atoms with Gasteiger partial charge >= 0.3 is 0 Å². The molecule has 1 aromatic carbocycles. The number of hydrogen-bond donors (Lipinski definition) is 0. The highest BCUT2D eigenvalue weighted by atomic mass is 15.3. The Labute approximate surface area is 134 Å². The van der Waals surface area contributed by atoms with Crippen LogP contribution in [0.2, 0.25) is 0 Å². The van der Waals surface area contributed by atoms with E-state index < -0.39 is 0 Å². The molecule has 1 aliphatic heterocycles. The van der Waals surface area contributed by atoms with Crippen molar-refractivity contribution in [3.63, 3.8) is 0 Å². The maximum atomic E-state index is 4.91. The Balaban J connectivity index is 1.40.